The van der Waals surface area contributed by atoms with Gasteiger partial charge in [0, 0.05) is 17.9 Å². The molecule has 0 unspecified atom stereocenters. The summed E-state index contributed by atoms with van der Waals surface area (Å²) < 4.78 is 39.2. The van der Waals surface area contributed by atoms with Crippen LogP contribution in [0.3, 0.4) is 0 Å². The molecule has 6 heteroatoms. The number of alkyl halides is 3. The van der Waals surface area contributed by atoms with E-state index in [0.717, 1.165) is 57.7 Å². The first-order chi connectivity index (χ1) is 11.9. The van der Waals surface area contributed by atoms with Gasteiger partial charge in [0.2, 0.25) is 5.91 Å². The molecule has 0 aromatic heterocycles. The van der Waals surface area contributed by atoms with Gasteiger partial charge in [-0.2, -0.15) is 13.2 Å². The average molecular weight is 354 g/mol. The monoisotopic (exact) mass is 354 g/mol. The van der Waals surface area contributed by atoms with Gasteiger partial charge in [-0.15, -0.1) is 0 Å². The molecule has 1 heterocycles. The molecular weight excluding hydrogens is 329 g/mol. The van der Waals surface area contributed by atoms with Gasteiger partial charge in [0.1, 0.15) is 0 Å². The maximum atomic E-state index is 13.1. The number of benzene rings is 1. The van der Waals surface area contributed by atoms with Crippen molar-refractivity contribution in [1.82, 2.24) is 10.6 Å². The Morgan fingerprint density at radius 2 is 1.88 bits per heavy atom. The Hall–Kier alpha value is -1.56. The Balaban J connectivity index is 1.74. The summed E-state index contributed by atoms with van der Waals surface area (Å²) in [7, 11) is 0. The second-order valence-electron chi connectivity index (χ2n) is 7.31. The molecule has 1 saturated heterocycles. The molecule has 0 atom stereocenters. The minimum absolute atomic E-state index is 0.0150. The molecule has 25 heavy (non-hydrogen) atoms. The fourth-order valence-corrected chi connectivity index (χ4v) is 4.13. The number of rotatable bonds is 4. The zero-order valence-corrected chi connectivity index (χ0v) is 14.3. The van der Waals surface area contributed by atoms with E-state index in [9.17, 15) is 18.0 Å². The lowest BCUT2D eigenvalue weighted by atomic mass is 9.78. The Labute approximate surface area is 146 Å². The molecule has 138 valence electrons. The topological polar surface area (TPSA) is 41.1 Å². The van der Waals surface area contributed by atoms with Crippen molar-refractivity contribution in [2.75, 3.05) is 19.6 Å². The first-order valence-electron chi connectivity index (χ1n) is 9.07. The van der Waals surface area contributed by atoms with Crippen molar-refractivity contribution in [2.45, 2.75) is 50.1 Å². The molecule has 1 aliphatic carbocycles. The summed E-state index contributed by atoms with van der Waals surface area (Å²) >= 11 is 0. The van der Waals surface area contributed by atoms with Crippen LogP contribution < -0.4 is 10.6 Å². The van der Waals surface area contributed by atoms with Gasteiger partial charge in [0.25, 0.3) is 0 Å². The number of piperidine rings is 1. The van der Waals surface area contributed by atoms with Crippen molar-refractivity contribution in [3.05, 3.63) is 35.4 Å². The first kappa shape index (κ1) is 18.2. The van der Waals surface area contributed by atoms with Crippen LogP contribution in [0.15, 0.2) is 24.3 Å². The highest BCUT2D eigenvalue weighted by atomic mass is 19.4. The fourth-order valence-electron chi connectivity index (χ4n) is 4.13. The third kappa shape index (κ3) is 4.17. The molecule has 0 radical (unpaired) electrons. The first-order valence-corrected chi connectivity index (χ1v) is 9.07. The van der Waals surface area contributed by atoms with Crippen LogP contribution in [-0.4, -0.2) is 25.5 Å². The average Bonchev–Trinajstić information content (AvgIpc) is 3.10. The van der Waals surface area contributed by atoms with Gasteiger partial charge >= 0.3 is 6.18 Å². The number of hydrogen-bond donors (Lipinski definition) is 2. The molecule has 2 fully saturated rings. The third-order valence-electron chi connectivity index (χ3n) is 5.67. The smallest absolute Gasteiger partial charge is 0.355 e. The van der Waals surface area contributed by atoms with Crippen LogP contribution >= 0.6 is 0 Å². The van der Waals surface area contributed by atoms with Gasteiger partial charge < -0.3 is 10.6 Å². The second-order valence-corrected chi connectivity index (χ2v) is 7.31. The Morgan fingerprint density at radius 1 is 1.20 bits per heavy atom. The van der Waals surface area contributed by atoms with Crippen molar-refractivity contribution in [3.8, 4) is 0 Å². The largest absolute Gasteiger partial charge is 0.416 e. The summed E-state index contributed by atoms with van der Waals surface area (Å²) in [5.74, 6) is 0.0564. The molecular formula is C19H25F3N2O. The van der Waals surface area contributed by atoms with E-state index in [4.69, 9.17) is 0 Å². The minimum Gasteiger partial charge on any atom is -0.355 e. The molecule has 1 aromatic rings. The van der Waals surface area contributed by atoms with Crippen LogP contribution in [0.1, 0.15) is 49.7 Å². The zero-order chi connectivity index (χ0) is 17.9. The summed E-state index contributed by atoms with van der Waals surface area (Å²) in [5.41, 5.74) is -0.282. The van der Waals surface area contributed by atoms with Crippen molar-refractivity contribution in [2.24, 2.45) is 5.92 Å². The molecule has 2 aliphatic rings. The molecule has 1 saturated carbocycles. The van der Waals surface area contributed by atoms with Gasteiger partial charge in [-0.25, -0.2) is 0 Å². The highest BCUT2D eigenvalue weighted by Crippen LogP contribution is 2.42. The SMILES string of the molecule is O=C(NCC1(c2cccc(C(F)(F)F)c2)CCCC1)C1CCNCC1. The molecule has 3 rings (SSSR count). The molecule has 0 bridgehead atoms. The normalized spacial score (nSPS) is 21.2. The van der Waals surface area contributed by atoms with Crippen molar-refractivity contribution in [3.63, 3.8) is 0 Å². The summed E-state index contributed by atoms with van der Waals surface area (Å²) in [5, 5.41) is 6.28. The number of nitrogens with one attached hydrogen (secondary N) is 2. The molecule has 1 aliphatic heterocycles. The summed E-state index contributed by atoms with van der Waals surface area (Å²) in [6, 6.07) is 5.63. The molecule has 2 N–H and O–H groups in total. The number of carbonyl (C=O) groups excluding carboxylic acids is 1. The predicted octanol–water partition coefficient (Wildman–Crippen LogP) is 3.63. The van der Waals surface area contributed by atoms with Gasteiger partial charge in [-0.1, -0.05) is 31.0 Å². The number of halogens is 3. The van der Waals surface area contributed by atoms with Crippen LogP contribution in [-0.2, 0) is 16.4 Å². The van der Waals surface area contributed by atoms with Gasteiger partial charge in [0.15, 0.2) is 0 Å². The number of amides is 1. The van der Waals surface area contributed by atoms with Gasteiger partial charge in [0.05, 0.1) is 5.56 Å². The predicted molar refractivity (Wildman–Crippen MR) is 90.2 cm³/mol. The quantitative estimate of drug-likeness (QED) is 0.867. The fraction of sp³-hybridized carbons (Fsp3) is 0.632. The van der Waals surface area contributed by atoms with Crippen LogP contribution in [0, 0.1) is 5.92 Å². The summed E-state index contributed by atoms with van der Waals surface area (Å²) in [4.78, 5) is 12.4. The van der Waals surface area contributed by atoms with E-state index in [1.54, 1.807) is 6.07 Å². The van der Waals surface area contributed by atoms with E-state index in [0.29, 0.717) is 12.1 Å². The van der Waals surface area contributed by atoms with E-state index in [2.05, 4.69) is 10.6 Å². The van der Waals surface area contributed by atoms with Crippen molar-refractivity contribution >= 4 is 5.91 Å². The van der Waals surface area contributed by atoms with E-state index in [1.807, 2.05) is 0 Å². The van der Waals surface area contributed by atoms with E-state index < -0.39 is 11.7 Å². The van der Waals surface area contributed by atoms with Crippen LogP contribution in [0.5, 0.6) is 0 Å². The zero-order valence-electron chi connectivity index (χ0n) is 14.3. The minimum atomic E-state index is -4.34. The summed E-state index contributed by atoms with van der Waals surface area (Å²) in [6.07, 6.45) is 0.916. The van der Waals surface area contributed by atoms with Crippen molar-refractivity contribution in [1.29, 1.82) is 0 Å². The highest BCUT2D eigenvalue weighted by molar-refractivity contribution is 5.78. The maximum Gasteiger partial charge on any atom is 0.416 e. The van der Waals surface area contributed by atoms with Crippen LogP contribution in [0.4, 0.5) is 13.2 Å². The highest BCUT2D eigenvalue weighted by Gasteiger charge is 2.38. The van der Waals surface area contributed by atoms with E-state index >= 15 is 0 Å². The molecule has 3 nitrogen and oxygen atoms in total. The Kier molecular flexibility index (Phi) is 5.37. The molecule has 1 aromatic carbocycles. The molecule has 0 spiro atoms. The Morgan fingerprint density at radius 3 is 2.52 bits per heavy atom. The van der Waals surface area contributed by atoms with Crippen LogP contribution in [0.25, 0.3) is 0 Å². The second kappa shape index (κ2) is 7.36. The number of hydrogen-bond acceptors (Lipinski definition) is 2. The lowest BCUT2D eigenvalue weighted by Gasteiger charge is -2.32. The number of carbonyl (C=O) groups is 1. The lowest BCUT2D eigenvalue weighted by Crippen LogP contribution is -2.44. The van der Waals surface area contributed by atoms with E-state index in [1.165, 1.54) is 12.1 Å². The lowest BCUT2D eigenvalue weighted by molar-refractivity contribution is -0.137. The standard InChI is InChI=1S/C19H25F3N2O/c20-19(21,22)16-5-3-4-15(12-16)18(8-1-2-9-18)13-24-17(25)14-6-10-23-11-7-14/h3-5,12,14,23H,1-2,6-11,13H2,(H,24,25). The van der Waals surface area contributed by atoms with Crippen LogP contribution in [0.2, 0.25) is 0 Å². The third-order valence-corrected chi connectivity index (χ3v) is 5.67. The van der Waals surface area contributed by atoms with Gasteiger partial charge in [-0.3, -0.25) is 4.79 Å². The Bertz CT molecular complexity index is 603. The summed E-state index contributed by atoms with van der Waals surface area (Å²) in [6.45, 7) is 2.12. The van der Waals surface area contributed by atoms with Crippen molar-refractivity contribution < 1.29 is 18.0 Å². The van der Waals surface area contributed by atoms with Gasteiger partial charge in [-0.05, 0) is 50.4 Å². The molecule has 1 amide bonds. The van der Waals surface area contributed by atoms with E-state index in [-0.39, 0.29) is 17.2 Å². The maximum absolute atomic E-state index is 13.1.